The summed E-state index contributed by atoms with van der Waals surface area (Å²) in [6, 6.07) is 0. The number of fused-ring (bicyclic) bond motifs is 1. The predicted octanol–water partition coefficient (Wildman–Crippen LogP) is 0.956. The molecule has 2 aliphatic rings. The first kappa shape index (κ1) is 8.03. The highest BCUT2D eigenvalue weighted by atomic mass is 32.2. The van der Waals surface area contributed by atoms with Gasteiger partial charge in [0.1, 0.15) is 6.34 Å². The molecule has 0 saturated carbocycles. The molecule has 0 fully saturated rings. The Balaban J connectivity index is 2.25. The van der Waals surface area contributed by atoms with Crippen LogP contribution in [0.25, 0.3) is 0 Å². The number of thiol groups is 1. The van der Waals surface area contributed by atoms with Gasteiger partial charge in [-0.2, -0.15) is 0 Å². The minimum atomic E-state index is 1.00. The normalized spacial score (nSPS) is 20.8. The fourth-order valence-electron chi connectivity index (χ4n) is 0.974. The second-order valence-electron chi connectivity index (χ2n) is 2.30. The molecule has 0 radical (unpaired) electrons. The molecule has 4 nitrogen and oxygen atoms in total. The van der Waals surface area contributed by atoms with Crippen LogP contribution in [-0.4, -0.2) is 22.0 Å². The van der Waals surface area contributed by atoms with Crippen molar-refractivity contribution in [3.63, 3.8) is 0 Å². The van der Waals surface area contributed by atoms with E-state index in [1.54, 1.807) is 27.5 Å². The van der Waals surface area contributed by atoms with E-state index < -0.39 is 0 Å². The van der Waals surface area contributed by atoms with Crippen molar-refractivity contribution in [3.05, 3.63) is 23.0 Å². The van der Waals surface area contributed by atoms with Crippen LogP contribution >= 0.6 is 24.6 Å². The summed E-state index contributed by atoms with van der Waals surface area (Å²) in [5.74, 6) is 0. The molecule has 12 heavy (non-hydrogen) atoms. The molecule has 0 aromatic heterocycles. The van der Waals surface area contributed by atoms with Crippen LogP contribution in [0.4, 0.5) is 0 Å². The molecule has 0 aliphatic carbocycles. The van der Waals surface area contributed by atoms with E-state index in [1.165, 1.54) is 0 Å². The Hall–Kier alpha value is -0.590. The van der Waals surface area contributed by atoms with Gasteiger partial charge in [0, 0.05) is 0 Å². The van der Waals surface area contributed by atoms with Gasteiger partial charge in [0.15, 0.2) is 0 Å². The molecular formula is C6H8N4S2. The molecule has 2 rings (SSSR count). The maximum absolute atomic E-state index is 4.19. The maximum atomic E-state index is 4.19. The van der Waals surface area contributed by atoms with Gasteiger partial charge in [-0.25, -0.2) is 14.4 Å². The molecule has 0 bridgehead atoms. The van der Waals surface area contributed by atoms with Crippen LogP contribution in [0, 0.1) is 0 Å². The zero-order chi connectivity index (χ0) is 8.55. The van der Waals surface area contributed by atoms with Crippen LogP contribution < -0.4 is 5.53 Å². The van der Waals surface area contributed by atoms with Crippen molar-refractivity contribution in [3.8, 4) is 0 Å². The monoisotopic (exact) mass is 200 g/mol. The van der Waals surface area contributed by atoms with Crippen LogP contribution in [0.1, 0.15) is 0 Å². The maximum Gasteiger partial charge on any atom is 0.113 e. The lowest BCUT2D eigenvalue weighted by Crippen LogP contribution is -2.35. The smallest absolute Gasteiger partial charge is 0.113 e. The van der Waals surface area contributed by atoms with Crippen molar-refractivity contribution in [1.29, 1.82) is 0 Å². The number of nitrogens with zero attached hydrogens (tertiary/aromatic N) is 3. The van der Waals surface area contributed by atoms with E-state index in [0.717, 1.165) is 10.7 Å². The molecule has 2 aliphatic heterocycles. The quantitative estimate of drug-likeness (QED) is 0.617. The fraction of sp³-hybridized carbons (Fsp3) is 0.167. The predicted molar refractivity (Wildman–Crippen MR) is 54.0 cm³/mol. The van der Waals surface area contributed by atoms with Crippen LogP contribution in [0.15, 0.2) is 28.0 Å². The van der Waals surface area contributed by atoms with Crippen LogP contribution in [0.5, 0.6) is 0 Å². The Morgan fingerprint density at radius 2 is 2.50 bits per heavy atom. The fourth-order valence-corrected chi connectivity index (χ4v) is 1.58. The zero-order valence-corrected chi connectivity index (χ0v) is 8.14. The molecule has 0 unspecified atom stereocenters. The van der Waals surface area contributed by atoms with Crippen LogP contribution in [0.3, 0.4) is 0 Å². The van der Waals surface area contributed by atoms with E-state index in [-0.39, 0.29) is 0 Å². The number of hydrazine groups is 2. The second-order valence-corrected chi connectivity index (χ2v) is 3.56. The molecule has 0 atom stereocenters. The van der Waals surface area contributed by atoms with Gasteiger partial charge in [0.25, 0.3) is 0 Å². The highest BCUT2D eigenvalue weighted by Gasteiger charge is 2.18. The summed E-state index contributed by atoms with van der Waals surface area (Å²) in [5.41, 5.74) is 3.98. The number of hydrogen-bond acceptors (Lipinski definition) is 6. The summed E-state index contributed by atoms with van der Waals surface area (Å²) in [5, 5.41) is 2.80. The molecule has 2 heterocycles. The van der Waals surface area contributed by atoms with Crippen LogP contribution in [0.2, 0.25) is 0 Å². The standard InChI is InChI=1S/C6H8N4S2/c1-12-6-2-5-3-10(11)8-9(5)4-7-6/h2-4,8,11H,1H3. The Labute approximate surface area is 80.5 Å². The highest BCUT2D eigenvalue weighted by Crippen LogP contribution is 2.23. The van der Waals surface area contributed by atoms with Gasteiger partial charge < -0.3 is 0 Å². The molecular weight excluding hydrogens is 192 g/mol. The SMILES string of the molecule is CSC1=CC2=CN(S)NN2C=N1. The number of thioether (sulfide) groups is 1. The van der Waals surface area contributed by atoms with Gasteiger partial charge in [-0.15, -0.1) is 17.3 Å². The summed E-state index contributed by atoms with van der Waals surface area (Å²) in [7, 11) is 0. The average molecular weight is 200 g/mol. The van der Waals surface area contributed by atoms with E-state index in [1.807, 2.05) is 18.5 Å². The minimum Gasteiger partial charge on any atom is -0.246 e. The molecule has 0 aromatic rings. The van der Waals surface area contributed by atoms with Crippen LogP contribution in [-0.2, 0) is 0 Å². The summed E-state index contributed by atoms with van der Waals surface area (Å²) in [4.78, 5) is 4.19. The number of allylic oxidation sites excluding steroid dienone is 1. The Morgan fingerprint density at radius 1 is 1.67 bits per heavy atom. The van der Waals surface area contributed by atoms with E-state index in [9.17, 15) is 0 Å². The lowest BCUT2D eigenvalue weighted by atomic mass is 10.4. The van der Waals surface area contributed by atoms with Crippen molar-refractivity contribution in [1.82, 2.24) is 15.0 Å². The zero-order valence-electron chi connectivity index (χ0n) is 6.43. The molecule has 0 amide bonds. The molecule has 0 spiro atoms. The van der Waals surface area contributed by atoms with Gasteiger partial charge in [0.2, 0.25) is 0 Å². The van der Waals surface area contributed by atoms with E-state index in [2.05, 4.69) is 23.3 Å². The van der Waals surface area contributed by atoms with E-state index in [4.69, 9.17) is 0 Å². The third-order valence-corrected chi connectivity index (χ3v) is 2.37. The summed E-state index contributed by atoms with van der Waals surface area (Å²) in [6.07, 6.45) is 7.60. The third kappa shape index (κ3) is 1.33. The number of hydrogen-bond donors (Lipinski definition) is 2. The topological polar surface area (TPSA) is 30.9 Å². The van der Waals surface area contributed by atoms with Crippen molar-refractivity contribution < 1.29 is 0 Å². The largest absolute Gasteiger partial charge is 0.246 e. The van der Waals surface area contributed by atoms with Gasteiger partial charge in [-0.3, -0.25) is 0 Å². The van der Waals surface area contributed by atoms with E-state index in [0.29, 0.717) is 0 Å². The van der Waals surface area contributed by atoms with Crippen molar-refractivity contribution in [2.75, 3.05) is 6.26 Å². The van der Waals surface area contributed by atoms with Crippen molar-refractivity contribution in [2.24, 2.45) is 4.99 Å². The lowest BCUT2D eigenvalue weighted by molar-refractivity contribution is 0.310. The lowest BCUT2D eigenvalue weighted by Gasteiger charge is -2.18. The molecule has 0 saturated heterocycles. The summed E-state index contributed by atoms with van der Waals surface area (Å²) >= 11 is 5.73. The van der Waals surface area contributed by atoms with Gasteiger partial charge >= 0.3 is 0 Å². The van der Waals surface area contributed by atoms with Gasteiger partial charge in [-0.05, 0) is 25.1 Å². The summed E-state index contributed by atoms with van der Waals surface area (Å²) in [6.45, 7) is 0. The highest BCUT2D eigenvalue weighted by molar-refractivity contribution is 8.02. The summed E-state index contributed by atoms with van der Waals surface area (Å²) < 4.78 is 1.58. The Morgan fingerprint density at radius 3 is 3.25 bits per heavy atom. The third-order valence-electron chi connectivity index (χ3n) is 1.52. The Kier molecular flexibility index (Phi) is 2.03. The number of rotatable bonds is 1. The minimum absolute atomic E-state index is 1.00. The van der Waals surface area contributed by atoms with Crippen molar-refractivity contribution in [2.45, 2.75) is 0 Å². The van der Waals surface area contributed by atoms with E-state index >= 15 is 0 Å². The molecule has 6 heteroatoms. The van der Waals surface area contributed by atoms with Gasteiger partial charge in [0.05, 0.1) is 16.9 Å². The Bertz CT molecular complexity index is 283. The number of nitrogens with one attached hydrogen (secondary N) is 1. The first-order valence-electron chi connectivity index (χ1n) is 3.35. The van der Waals surface area contributed by atoms with Crippen molar-refractivity contribution >= 4 is 30.9 Å². The molecule has 64 valence electrons. The first-order chi connectivity index (χ1) is 5.79. The average Bonchev–Trinajstić information content (AvgIpc) is 2.43. The molecule has 1 N–H and O–H groups in total. The number of aliphatic imine (C=N–C) groups is 1. The second kappa shape index (κ2) is 3.04. The molecule has 0 aromatic carbocycles. The van der Waals surface area contributed by atoms with Gasteiger partial charge in [-0.1, -0.05) is 0 Å². The first-order valence-corrected chi connectivity index (χ1v) is 4.97.